The Balaban J connectivity index is 1.99. The van der Waals surface area contributed by atoms with E-state index in [1.807, 2.05) is 18.2 Å². The van der Waals surface area contributed by atoms with Crippen LogP contribution in [-0.2, 0) is 0 Å². The Morgan fingerprint density at radius 1 is 1.56 bits per heavy atom. The Labute approximate surface area is 108 Å². The molecule has 0 radical (unpaired) electrons. The maximum Gasteiger partial charge on any atom is 0.166 e. The van der Waals surface area contributed by atoms with Gasteiger partial charge in [0.15, 0.2) is 5.16 Å². The average Bonchev–Trinajstić information content (AvgIpc) is 2.80. The highest BCUT2D eigenvalue weighted by atomic mass is 32.2. The Bertz CT molecular complexity index is 576. The summed E-state index contributed by atoms with van der Waals surface area (Å²) in [4.78, 5) is 10.4. The number of azide groups is 1. The summed E-state index contributed by atoms with van der Waals surface area (Å²) in [5.41, 5.74) is 10.0. The van der Waals surface area contributed by atoms with Gasteiger partial charge in [0, 0.05) is 23.3 Å². The number of aromatic amines is 1. The van der Waals surface area contributed by atoms with Gasteiger partial charge in [0.1, 0.15) is 5.75 Å². The molecule has 0 fully saturated rings. The van der Waals surface area contributed by atoms with E-state index in [1.165, 1.54) is 0 Å². The second-order valence-corrected chi connectivity index (χ2v) is 4.67. The smallest absolute Gasteiger partial charge is 0.166 e. The third kappa shape index (κ3) is 3.09. The third-order valence-corrected chi connectivity index (χ3v) is 3.33. The lowest BCUT2D eigenvalue weighted by atomic mass is 10.3. The van der Waals surface area contributed by atoms with Gasteiger partial charge in [-0.05, 0) is 24.1 Å². The summed E-state index contributed by atoms with van der Waals surface area (Å²) in [5, 5.41) is 4.36. The quantitative estimate of drug-likeness (QED) is 0.285. The van der Waals surface area contributed by atoms with Crippen LogP contribution in [0.2, 0.25) is 0 Å². The molecule has 2 aromatic rings. The zero-order chi connectivity index (χ0) is 12.8. The lowest BCUT2D eigenvalue weighted by Crippen LogP contribution is -1.84. The first-order valence-electron chi connectivity index (χ1n) is 5.51. The third-order valence-electron chi connectivity index (χ3n) is 2.37. The molecule has 0 amide bonds. The van der Waals surface area contributed by atoms with E-state index in [9.17, 15) is 0 Å². The van der Waals surface area contributed by atoms with Gasteiger partial charge in [0.05, 0.1) is 18.1 Å². The van der Waals surface area contributed by atoms with Crippen molar-refractivity contribution in [1.82, 2.24) is 9.97 Å². The fourth-order valence-corrected chi connectivity index (χ4v) is 2.32. The van der Waals surface area contributed by atoms with Crippen molar-refractivity contribution in [3.63, 3.8) is 0 Å². The van der Waals surface area contributed by atoms with Crippen molar-refractivity contribution in [2.75, 3.05) is 19.4 Å². The van der Waals surface area contributed by atoms with Crippen LogP contribution in [-0.4, -0.2) is 29.4 Å². The van der Waals surface area contributed by atoms with Gasteiger partial charge in [-0.1, -0.05) is 16.9 Å². The minimum Gasteiger partial charge on any atom is -0.497 e. The van der Waals surface area contributed by atoms with E-state index in [4.69, 9.17) is 10.3 Å². The second-order valence-electron chi connectivity index (χ2n) is 3.58. The number of fused-ring (bicyclic) bond motifs is 1. The number of nitrogens with zero attached hydrogens (tertiary/aromatic N) is 4. The van der Waals surface area contributed by atoms with Crippen LogP contribution in [0.1, 0.15) is 6.42 Å². The van der Waals surface area contributed by atoms with Crippen LogP contribution in [0.15, 0.2) is 28.5 Å². The summed E-state index contributed by atoms with van der Waals surface area (Å²) in [5.74, 6) is 1.68. The summed E-state index contributed by atoms with van der Waals surface area (Å²) >= 11 is 1.62. The number of benzene rings is 1. The average molecular weight is 263 g/mol. The van der Waals surface area contributed by atoms with E-state index in [1.54, 1.807) is 18.9 Å². The normalized spacial score (nSPS) is 10.3. The van der Waals surface area contributed by atoms with Gasteiger partial charge in [0.2, 0.25) is 0 Å². The van der Waals surface area contributed by atoms with E-state index < -0.39 is 0 Å². The van der Waals surface area contributed by atoms with Gasteiger partial charge in [-0.2, -0.15) is 0 Å². The number of rotatable bonds is 6. The van der Waals surface area contributed by atoms with Crippen LogP contribution < -0.4 is 4.74 Å². The molecule has 2 rings (SSSR count). The van der Waals surface area contributed by atoms with Gasteiger partial charge >= 0.3 is 0 Å². The molecule has 0 aliphatic carbocycles. The van der Waals surface area contributed by atoms with E-state index in [2.05, 4.69) is 20.0 Å². The molecular formula is C11H13N5OS. The van der Waals surface area contributed by atoms with E-state index >= 15 is 0 Å². The van der Waals surface area contributed by atoms with Crippen LogP contribution >= 0.6 is 11.8 Å². The molecule has 94 valence electrons. The van der Waals surface area contributed by atoms with Crippen LogP contribution in [0.5, 0.6) is 5.75 Å². The van der Waals surface area contributed by atoms with Crippen molar-refractivity contribution in [1.29, 1.82) is 0 Å². The van der Waals surface area contributed by atoms with Gasteiger partial charge in [-0.25, -0.2) is 4.98 Å². The number of hydrogen-bond acceptors (Lipinski definition) is 4. The summed E-state index contributed by atoms with van der Waals surface area (Å²) in [6, 6.07) is 5.74. The molecule has 1 aromatic heterocycles. The second kappa shape index (κ2) is 6.18. The first-order chi connectivity index (χ1) is 8.83. The number of aromatic nitrogens is 2. The van der Waals surface area contributed by atoms with Crippen molar-refractivity contribution in [2.45, 2.75) is 11.6 Å². The first kappa shape index (κ1) is 12.6. The van der Waals surface area contributed by atoms with Crippen molar-refractivity contribution in [3.8, 4) is 5.75 Å². The fraction of sp³-hybridized carbons (Fsp3) is 0.364. The Morgan fingerprint density at radius 2 is 2.44 bits per heavy atom. The Kier molecular flexibility index (Phi) is 4.33. The molecule has 0 aliphatic rings. The number of H-pyrrole nitrogens is 1. The van der Waals surface area contributed by atoms with Crippen LogP contribution in [0, 0.1) is 0 Å². The topological polar surface area (TPSA) is 86.7 Å². The van der Waals surface area contributed by atoms with Crippen molar-refractivity contribution < 1.29 is 4.74 Å². The number of thioether (sulfide) groups is 1. The van der Waals surface area contributed by atoms with Gasteiger partial charge < -0.3 is 9.72 Å². The highest BCUT2D eigenvalue weighted by Gasteiger charge is 2.04. The monoisotopic (exact) mass is 263 g/mol. The maximum atomic E-state index is 8.15. The molecule has 1 N–H and O–H groups in total. The molecule has 0 saturated heterocycles. The predicted molar refractivity (Wildman–Crippen MR) is 72.0 cm³/mol. The molecule has 6 nitrogen and oxygen atoms in total. The van der Waals surface area contributed by atoms with Crippen molar-refractivity contribution >= 4 is 22.8 Å². The Hall–Kier alpha value is -1.85. The SMILES string of the molecule is COc1ccc2nc(SCCCN=[N+]=[N-])[nH]c2c1. The molecule has 18 heavy (non-hydrogen) atoms. The lowest BCUT2D eigenvalue weighted by molar-refractivity contribution is 0.415. The fourth-order valence-electron chi connectivity index (χ4n) is 1.51. The molecule has 1 aromatic carbocycles. The maximum absolute atomic E-state index is 8.15. The number of imidazole rings is 1. The minimum atomic E-state index is 0.525. The predicted octanol–water partition coefficient (Wildman–Crippen LogP) is 3.36. The summed E-state index contributed by atoms with van der Waals surface area (Å²) in [6.07, 6.45) is 0.842. The summed E-state index contributed by atoms with van der Waals surface area (Å²) in [7, 11) is 1.64. The molecule has 0 unspecified atom stereocenters. The van der Waals surface area contributed by atoms with Crippen LogP contribution in [0.4, 0.5) is 0 Å². The number of nitrogens with one attached hydrogen (secondary N) is 1. The first-order valence-corrected chi connectivity index (χ1v) is 6.49. The molecule has 0 atom stereocenters. The van der Waals surface area contributed by atoms with Gasteiger partial charge in [-0.15, -0.1) is 0 Å². The van der Waals surface area contributed by atoms with Crippen LogP contribution in [0.25, 0.3) is 21.5 Å². The highest BCUT2D eigenvalue weighted by Crippen LogP contribution is 2.23. The molecule has 0 saturated carbocycles. The zero-order valence-electron chi connectivity index (χ0n) is 9.96. The summed E-state index contributed by atoms with van der Waals surface area (Å²) < 4.78 is 5.16. The van der Waals surface area contributed by atoms with Gasteiger partial charge in [-0.3, -0.25) is 0 Å². The molecule has 0 bridgehead atoms. The standard InChI is InChI=1S/C11H13N5OS/c1-17-8-3-4-9-10(7-8)15-11(14-9)18-6-2-5-13-16-12/h3-4,7H,2,5-6H2,1H3,(H,14,15). The van der Waals surface area contributed by atoms with Crippen molar-refractivity contribution in [2.24, 2.45) is 5.11 Å². The van der Waals surface area contributed by atoms with E-state index in [-0.39, 0.29) is 0 Å². The highest BCUT2D eigenvalue weighted by molar-refractivity contribution is 7.99. The lowest BCUT2D eigenvalue weighted by Gasteiger charge is -1.96. The van der Waals surface area contributed by atoms with Gasteiger partial charge in [0.25, 0.3) is 0 Å². The van der Waals surface area contributed by atoms with E-state index in [0.717, 1.165) is 34.1 Å². The minimum absolute atomic E-state index is 0.525. The number of methoxy groups -OCH3 is 1. The van der Waals surface area contributed by atoms with Crippen molar-refractivity contribution in [3.05, 3.63) is 28.6 Å². The largest absolute Gasteiger partial charge is 0.497 e. The molecular weight excluding hydrogens is 250 g/mol. The molecule has 7 heteroatoms. The van der Waals surface area contributed by atoms with Crippen LogP contribution in [0.3, 0.4) is 0 Å². The zero-order valence-corrected chi connectivity index (χ0v) is 10.8. The van der Waals surface area contributed by atoms with E-state index in [0.29, 0.717) is 6.54 Å². The number of ether oxygens (including phenoxy) is 1. The number of hydrogen-bond donors (Lipinski definition) is 1. The summed E-state index contributed by atoms with van der Waals surface area (Å²) in [6.45, 7) is 0.525. The molecule has 1 heterocycles. The Morgan fingerprint density at radius 3 is 3.22 bits per heavy atom. The molecule has 0 aliphatic heterocycles. The molecule has 0 spiro atoms.